The second kappa shape index (κ2) is 3.51. The van der Waals surface area contributed by atoms with Gasteiger partial charge in [-0.05, 0) is 15.9 Å². The normalized spacial score (nSPS) is 20.8. The Balaban J connectivity index is 2.51. The fraction of sp³-hybridized carbons (Fsp3) is 0.375. The molecule has 1 aliphatic rings. The van der Waals surface area contributed by atoms with Gasteiger partial charge in [-0.25, -0.2) is 5.53 Å². The van der Waals surface area contributed by atoms with Crippen molar-refractivity contribution in [2.75, 3.05) is 6.61 Å². The quantitative estimate of drug-likeness (QED) is 0.769. The Morgan fingerprint density at radius 3 is 3.23 bits per heavy atom. The smallest absolute Gasteiger partial charge is 0.121 e. The zero-order valence-corrected chi connectivity index (χ0v) is 8.41. The van der Waals surface area contributed by atoms with E-state index in [1.54, 1.807) is 12.4 Å². The van der Waals surface area contributed by atoms with Gasteiger partial charge in [0.15, 0.2) is 0 Å². The summed E-state index contributed by atoms with van der Waals surface area (Å²) in [6.45, 7) is 1.05. The lowest BCUT2D eigenvalue weighted by molar-refractivity contribution is 0.0898. The molecule has 0 saturated carbocycles. The summed E-state index contributed by atoms with van der Waals surface area (Å²) in [5.74, 6) is 0. The van der Waals surface area contributed by atoms with E-state index in [1.165, 1.54) is 0 Å². The van der Waals surface area contributed by atoms with E-state index in [0.717, 1.165) is 15.6 Å². The molecule has 0 bridgehead atoms. The van der Waals surface area contributed by atoms with Gasteiger partial charge >= 0.3 is 0 Å². The summed E-state index contributed by atoms with van der Waals surface area (Å²) in [5, 5.41) is 3.49. The first-order chi connectivity index (χ1) is 6.33. The highest BCUT2D eigenvalue weighted by Gasteiger charge is 2.21. The molecule has 1 aromatic rings. The topological polar surface area (TPSA) is 58.3 Å². The van der Waals surface area contributed by atoms with Crippen molar-refractivity contribution < 1.29 is 4.74 Å². The van der Waals surface area contributed by atoms with Crippen molar-refractivity contribution in [2.45, 2.75) is 12.6 Å². The van der Waals surface area contributed by atoms with Gasteiger partial charge in [0.05, 0.1) is 13.2 Å². The van der Waals surface area contributed by atoms with E-state index < -0.39 is 0 Å². The lowest BCUT2D eigenvalue weighted by Gasteiger charge is -2.21. The van der Waals surface area contributed by atoms with Crippen LogP contribution in [-0.2, 0) is 11.3 Å². The summed E-state index contributed by atoms with van der Waals surface area (Å²) in [5.41, 5.74) is 9.05. The van der Waals surface area contributed by atoms with E-state index in [2.05, 4.69) is 26.0 Å². The van der Waals surface area contributed by atoms with Crippen LogP contribution in [0.3, 0.4) is 0 Å². The lowest BCUT2D eigenvalue weighted by Crippen LogP contribution is -2.15. The van der Waals surface area contributed by atoms with Crippen molar-refractivity contribution in [3.63, 3.8) is 0 Å². The van der Waals surface area contributed by atoms with E-state index in [9.17, 15) is 0 Å². The molecule has 0 spiro atoms. The first-order valence-corrected chi connectivity index (χ1v) is 4.69. The maximum atomic E-state index is 7.00. The minimum Gasteiger partial charge on any atom is -0.374 e. The zero-order valence-electron chi connectivity index (χ0n) is 6.83. The number of rotatable bonds is 1. The highest BCUT2D eigenvalue weighted by molar-refractivity contribution is 9.10. The van der Waals surface area contributed by atoms with Gasteiger partial charge in [0, 0.05) is 28.0 Å². The van der Waals surface area contributed by atoms with Gasteiger partial charge in [0.1, 0.15) is 6.04 Å². The first-order valence-electron chi connectivity index (χ1n) is 3.89. The van der Waals surface area contributed by atoms with Crippen LogP contribution in [0.5, 0.6) is 0 Å². The van der Waals surface area contributed by atoms with Crippen LogP contribution in [0.25, 0.3) is 0 Å². The molecule has 1 aliphatic heterocycles. The number of nitrogens with zero attached hydrogens (tertiary/aromatic N) is 2. The van der Waals surface area contributed by atoms with Gasteiger partial charge < -0.3 is 4.74 Å². The molecule has 1 aromatic heterocycles. The standard InChI is InChI=1S/C8H8BrN3O/c9-7-2-11-1-5-6(7)3-13-4-8(5)12-10/h1-2,8,10H,3-4H2. The number of pyridine rings is 1. The Morgan fingerprint density at radius 1 is 1.62 bits per heavy atom. The number of fused-ring (bicyclic) bond motifs is 1. The largest absolute Gasteiger partial charge is 0.374 e. The maximum absolute atomic E-state index is 7.00. The average Bonchev–Trinajstić information content (AvgIpc) is 2.18. The minimum atomic E-state index is -0.186. The van der Waals surface area contributed by atoms with Crippen LogP contribution >= 0.6 is 15.9 Å². The minimum absolute atomic E-state index is 0.186. The molecule has 0 aromatic carbocycles. The van der Waals surface area contributed by atoms with Gasteiger partial charge in [-0.3, -0.25) is 4.98 Å². The van der Waals surface area contributed by atoms with Crippen LogP contribution in [0.2, 0.25) is 0 Å². The number of nitrogens with one attached hydrogen (secondary N) is 1. The van der Waals surface area contributed by atoms with E-state index >= 15 is 0 Å². The molecule has 0 saturated heterocycles. The number of halogens is 1. The second-order valence-corrected chi connectivity index (χ2v) is 3.70. The van der Waals surface area contributed by atoms with E-state index in [4.69, 9.17) is 10.3 Å². The van der Waals surface area contributed by atoms with Gasteiger partial charge in [0.25, 0.3) is 0 Å². The maximum Gasteiger partial charge on any atom is 0.121 e. The fourth-order valence-corrected chi connectivity index (χ4v) is 1.85. The van der Waals surface area contributed by atoms with Crippen molar-refractivity contribution in [3.8, 4) is 0 Å². The van der Waals surface area contributed by atoms with Crippen LogP contribution in [0.4, 0.5) is 0 Å². The molecule has 1 N–H and O–H groups in total. The Kier molecular flexibility index (Phi) is 2.37. The number of ether oxygens (including phenoxy) is 1. The zero-order chi connectivity index (χ0) is 9.26. The predicted octanol–water partition coefficient (Wildman–Crippen LogP) is 2.45. The van der Waals surface area contributed by atoms with Gasteiger partial charge in [-0.1, -0.05) is 0 Å². The van der Waals surface area contributed by atoms with Crippen LogP contribution in [0.1, 0.15) is 17.2 Å². The molecule has 68 valence electrons. The Labute approximate surface area is 84.0 Å². The number of aromatic nitrogens is 1. The van der Waals surface area contributed by atoms with Crippen molar-refractivity contribution in [1.82, 2.24) is 4.98 Å². The van der Waals surface area contributed by atoms with E-state index in [0.29, 0.717) is 13.2 Å². The number of hydrogen-bond acceptors (Lipinski definition) is 4. The summed E-state index contributed by atoms with van der Waals surface area (Å²) in [6, 6.07) is -0.186. The van der Waals surface area contributed by atoms with E-state index in [1.807, 2.05) is 0 Å². The highest BCUT2D eigenvalue weighted by Crippen LogP contribution is 2.31. The van der Waals surface area contributed by atoms with E-state index in [-0.39, 0.29) is 6.04 Å². The molecule has 13 heavy (non-hydrogen) atoms. The van der Waals surface area contributed by atoms with Crippen LogP contribution in [0, 0.1) is 5.53 Å². The molecule has 1 atom stereocenters. The SMILES string of the molecule is N=NC1COCc2c(Br)cncc21. The highest BCUT2D eigenvalue weighted by atomic mass is 79.9. The predicted molar refractivity (Wildman–Crippen MR) is 49.5 cm³/mol. The van der Waals surface area contributed by atoms with Crippen molar-refractivity contribution in [1.29, 1.82) is 5.53 Å². The molecule has 0 fully saturated rings. The van der Waals surface area contributed by atoms with Crippen LogP contribution < -0.4 is 0 Å². The third-order valence-electron chi connectivity index (χ3n) is 2.08. The molecule has 2 heterocycles. The second-order valence-electron chi connectivity index (χ2n) is 2.85. The average molecular weight is 242 g/mol. The third-order valence-corrected chi connectivity index (χ3v) is 2.76. The fourth-order valence-electron chi connectivity index (χ4n) is 1.39. The molecule has 0 aliphatic carbocycles. The Hall–Kier alpha value is -0.810. The van der Waals surface area contributed by atoms with Crippen molar-refractivity contribution >= 4 is 15.9 Å². The summed E-state index contributed by atoms with van der Waals surface area (Å²) in [4.78, 5) is 4.05. The molecular weight excluding hydrogens is 234 g/mol. The van der Waals surface area contributed by atoms with Gasteiger partial charge in [-0.15, -0.1) is 0 Å². The van der Waals surface area contributed by atoms with Gasteiger partial charge in [-0.2, -0.15) is 5.11 Å². The third kappa shape index (κ3) is 1.49. The Morgan fingerprint density at radius 2 is 2.46 bits per heavy atom. The summed E-state index contributed by atoms with van der Waals surface area (Å²) in [7, 11) is 0. The lowest BCUT2D eigenvalue weighted by atomic mass is 10.0. The Bertz CT molecular complexity index is 342. The first kappa shape index (κ1) is 8.77. The van der Waals surface area contributed by atoms with Crippen LogP contribution in [-0.4, -0.2) is 11.6 Å². The molecule has 1 unspecified atom stereocenters. The van der Waals surface area contributed by atoms with Gasteiger partial charge in [0.2, 0.25) is 0 Å². The molecule has 0 radical (unpaired) electrons. The summed E-state index contributed by atoms with van der Waals surface area (Å²) in [6.07, 6.45) is 3.49. The monoisotopic (exact) mass is 241 g/mol. The van der Waals surface area contributed by atoms with Crippen LogP contribution in [0.15, 0.2) is 22.0 Å². The molecule has 0 amide bonds. The summed E-state index contributed by atoms with van der Waals surface area (Å²) >= 11 is 3.39. The molecular formula is C8H8BrN3O. The van der Waals surface area contributed by atoms with Crippen molar-refractivity contribution in [2.24, 2.45) is 5.11 Å². The van der Waals surface area contributed by atoms with Crippen molar-refractivity contribution in [3.05, 3.63) is 28.0 Å². The molecule has 2 rings (SSSR count). The summed E-state index contributed by atoms with van der Waals surface area (Å²) < 4.78 is 6.24. The molecule has 4 nitrogen and oxygen atoms in total. The molecule has 5 heteroatoms. The number of hydrogen-bond donors (Lipinski definition) is 1.